The molecule has 1 atom stereocenters. The van der Waals surface area contributed by atoms with Crippen molar-refractivity contribution < 1.29 is 14.6 Å². The minimum atomic E-state index is -0.627. The summed E-state index contributed by atoms with van der Waals surface area (Å²) in [5.74, 6) is 1.15. The molecule has 1 heterocycles. The lowest BCUT2D eigenvalue weighted by molar-refractivity contribution is 0.171. The first kappa shape index (κ1) is 14.2. The number of fused-ring (bicyclic) bond motifs is 1. The Morgan fingerprint density at radius 2 is 1.81 bits per heavy atom. The molecule has 4 heteroatoms. The number of rotatable bonds is 3. The number of ether oxygens (including phenoxy) is 2. The molecule has 0 saturated heterocycles. The van der Waals surface area contributed by atoms with Gasteiger partial charge in [-0.3, -0.25) is 0 Å². The molecule has 0 aromatic heterocycles. The average Bonchev–Trinajstić information content (AvgIpc) is 2.86. The zero-order chi connectivity index (χ0) is 15.0. The van der Waals surface area contributed by atoms with Gasteiger partial charge in [-0.25, -0.2) is 0 Å². The molecule has 0 fully saturated rings. The first-order valence-electron chi connectivity index (χ1n) is 6.87. The maximum atomic E-state index is 10.5. The van der Waals surface area contributed by atoms with Gasteiger partial charge >= 0.3 is 0 Å². The average molecular weight is 305 g/mol. The van der Waals surface area contributed by atoms with Crippen LogP contribution in [0.25, 0.3) is 0 Å². The van der Waals surface area contributed by atoms with E-state index in [9.17, 15) is 5.11 Å². The summed E-state index contributed by atoms with van der Waals surface area (Å²) in [6.07, 6.45) is -0.0865. The predicted molar refractivity (Wildman–Crippen MR) is 82.2 cm³/mol. The lowest BCUT2D eigenvalue weighted by Gasteiger charge is -2.13. The third-order valence-electron chi connectivity index (χ3n) is 3.54. The van der Waals surface area contributed by atoms with E-state index in [2.05, 4.69) is 32.0 Å². The Bertz CT molecular complexity index is 662. The lowest BCUT2D eigenvalue weighted by Crippen LogP contribution is -2.02. The summed E-state index contributed by atoms with van der Waals surface area (Å²) in [6.45, 7) is 4.28. The Labute approximate surface area is 129 Å². The van der Waals surface area contributed by atoms with Crippen molar-refractivity contribution in [3.05, 3.63) is 57.6 Å². The van der Waals surface area contributed by atoms with Crippen LogP contribution >= 0.6 is 11.6 Å². The first-order chi connectivity index (χ1) is 10.0. The lowest BCUT2D eigenvalue weighted by atomic mass is 9.98. The number of hydrogen-bond donors (Lipinski definition) is 1. The van der Waals surface area contributed by atoms with Crippen LogP contribution in [0, 0.1) is 13.8 Å². The van der Waals surface area contributed by atoms with E-state index in [1.165, 1.54) is 11.1 Å². The Kier molecular flexibility index (Phi) is 3.79. The van der Waals surface area contributed by atoms with Gasteiger partial charge < -0.3 is 14.6 Å². The van der Waals surface area contributed by atoms with Crippen LogP contribution in [0.3, 0.4) is 0 Å². The molecule has 1 N–H and O–H groups in total. The highest BCUT2D eigenvalue weighted by Gasteiger charge is 2.21. The van der Waals surface area contributed by atoms with Crippen molar-refractivity contribution in [1.82, 2.24) is 0 Å². The number of aliphatic hydroxyl groups excluding tert-OH is 1. The summed E-state index contributed by atoms with van der Waals surface area (Å²) in [4.78, 5) is 0. The summed E-state index contributed by atoms with van der Waals surface area (Å²) in [5.41, 5.74) is 4.24. The summed E-state index contributed by atoms with van der Waals surface area (Å²) >= 11 is 6.16. The molecule has 3 rings (SSSR count). The summed E-state index contributed by atoms with van der Waals surface area (Å²) in [7, 11) is 0. The summed E-state index contributed by atoms with van der Waals surface area (Å²) in [6, 6.07) is 9.83. The molecule has 2 aromatic carbocycles. The van der Waals surface area contributed by atoms with Gasteiger partial charge in [0.1, 0.15) is 0 Å². The topological polar surface area (TPSA) is 38.7 Å². The predicted octanol–water partition coefficient (Wildman–Crippen LogP) is 3.96. The molecule has 21 heavy (non-hydrogen) atoms. The number of halogens is 1. The third kappa shape index (κ3) is 2.99. The van der Waals surface area contributed by atoms with Gasteiger partial charge in [-0.15, -0.1) is 0 Å². The second kappa shape index (κ2) is 5.58. The fourth-order valence-electron chi connectivity index (χ4n) is 2.71. The van der Waals surface area contributed by atoms with Gasteiger partial charge in [0.25, 0.3) is 0 Å². The Morgan fingerprint density at radius 3 is 2.52 bits per heavy atom. The van der Waals surface area contributed by atoms with Gasteiger partial charge in [-0.2, -0.15) is 0 Å². The molecule has 3 nitrogen and oxygen atoms in total. The standard InChI is InChI=1S/C17H17ClO3/c1-10-3-11(2)5-12(4-10)6-15(19)13-7-14(18)17-16(8-13)20-9-21-17/h3-5,7-8,15,19H,6,9H2,1-2H3. The third-order valence-corrected chi connectivity index (χ3v) is 3.83. The molecule has 0 radical (unpaired) electrons. The molecule has 110 valence electrons. The second-order valence-electron chi connectivity index (χ2n) is 5.45. The van der Waals surface area contributed by atoms with E-state index in [4.69, 9.17) is 21.1 Å². The maximum absolute atomic E-state index is 10.5. The molecule has 0 amide bonds. The normalized spacial score (nSPS) is 14.3. The molecule has 1 aliphatic rings. The molecular weight excluding hydrogens is 288 g/mol. The monoisotopic (exact) mass is 304 g/mol. The van der Waals surface area contributed by atoms with E-state index < -0.39 is 6.10 Å². The molecule has 2 aromatic rings. The molecule has 1 aliphatic heterocycles. The van der Waals surface area contributed by atoms with E-state index in [0.29, 0.717) is 22.9 Å². The number of aliphatic hydroxyl groups is 1. The van der Waals surface area contributed by atoms with Gasteiger partial charge in [0, 0.05) is 6.42 Å². The van der Waals surface area contributed by atoms with Gasteiger partial charge in [0.2, 0.25) is 6.79 Å². The van der Waals surface area contributed by atoms with Crippen molar-refractivity contribution in [2.75, 3.05) is 6.79 Å². The van der Waals surface area contributed by atoms with Gasteiger partial charge in [-0.1, -0.05) is 40.9 Å². The maximum Gasteiger partial charge on any atom is 0.231 e. The zero-order valence-electron chi connectivity index (χ0n) is 12.0. The largest absolute Gasteiger partial charge is 0.454 e. The van der Waals surface area contributed by atoms with Crippen molar-refractivity contribution >= 4 is 11.6 Å². The summed E-state index contributed by atoms with van der Waals surface area (Å²) < 4.78 is 10.6. The Morgan fingerprint density at radius 1 is 1.10 bits per heavy atom. The fourth-order valence-corrected chi connectivity index (χ4v) is 2.98. The van der Waals surface area contributed by atoms with Crippen molar-refractivity contribution in [1.29, 1.82) is 0 Å². The van der Waals surface area contributed by atoms with Crippen molar-refractivity contribution in [2.45, 2.75) is 26.4 Å². The van der Waals surface area contributed by atoms with Crippen LogP contribution < -0.4 is 9.47 Å². The van der Waals surface area contributed by atoms with Crippen LogP contribution in [0.2, 0.25) is 5.02 Å². The van der Waals surface area contributed by atoms with Crippen LogP contribution in [-0.2, 0) is 6.42 Å². The first-order valence-corrected chi connectivity index (χ1v) is 7.25. The number of aryl methyl sites for hydroxylation is 2. The molecule has 1 unspecified atom stereocenters. The van der Waals surface area contributed by atoms with Gasteiger partial charge in [0.05, 0.1) is 11.1 Å². The molecule has 0 saturated carbocycles. The Balaban J connectivity index is 1.85. The van der Waals surface area contributed by atoms with Crippen LogP contribution in [0.1, 0.15) is 28.4 Å². The minimum absolute atomic E-state index is 0.172. The van der Waals surface area contributed by atoms with Crippen molar-refractivity contribution in [3.8, 4) is 11.5 Å². The zero-order valence-corrected chi connectivity index (χ0v) is 12.8. The quantitative estimate of drug-likeness (QED) is 0.933. The van der Waals surface area contributed by atoms with Gasteiger partial charge in [-0.05, 0) is 37.1 Å². The van der Waals surface area contributed by atoms with Gasteiger partial charge in [0.15, 0.2) is 11.5 Å². The van der Waals surface area contributed by atoms with Crippen LogP contribution in [0.4, 0.5) is 0 Å². The number of hydrogen-bond acceptors (Lipinski definition) is 3. The van der Waals surface area contributed by atoms with Crippen LogP contribution in [0.5, 0.6) is 11.5 Å². The van der Waals surface area contributed by atoms with E-state index in [1.54, 1.807) is 12.1 Å². The number of benzene rings is 2. The summed E-state index contributed by atoms with van der Waals surface area (Å²) in [5, 5.41) is 10.9. The molecule has 0 aliphatic carbocycles. The smallest absolute Gasteiger partial charge is 0.231 e. The SMILES string of the molecule is Cc1cc(C)cc(CC(O)c2cc(Cl)c3c(c2)OCO3)c1. The highest BCUT2D eigenvalue weighted by molar-refractivity contribution is 6.32. The second-order valence-corrected chi connectivity index (χ2v) is 5.86. The Hall–Kier alpha value is -1.71. The molecular formula is C17H17ClO3. The van der Waals surface area contributed by atoms with Crippen molar-refractivity contribution in [3.63, 3.8) is 0 Å². The highest BCUT2D eigenvalue weighted by Crippen LogP contribution is 2.41. The van der Waals surface area contributed by atoms with Crippen LogP contribution in [-0.4, -0.2) is 11.9 Å². The van der Waals surface area contributed by atoms with E-state index in [1.807, 2.05) is 0 Å². The highest BCUT2D eigenvalue weighted by atomic mass is 35.5. The molecule has 0 bridgehead atoms. The minimum Gasteiger partial charge on any atom is -0.454 e. The fraction of sp³-hybridized carbons (Fsp3) is 0.294. The van der Waals surface area contributed by atoms with Crippen molar-refractivity contribution in [2.24, 2.45) is 0 Å². The van der Waals surface area contributed by atoms with E-state index >= 15 is 0 Å². The van der Waals surface area contributed by atoms with E-state index in [-0.39, 0.29) is 6.79 Å². The molecule has 0 spiro atoms. The van der Waals surface area contributed by atoms with Crippen LogP contribution in [0.15, 0.2) is 30.3 Å². The van der Waals surface area contributed by atoms with E-state index in [0.717, 1.165) is 11.1 Å².